The summed E-state index contributed by atoms with van der Waals surface area (Å²) in [5, 5.41) is 12.9. The summed E-state index contributed by atoms with van der Waals surface area (Å²) in [7, 11) is 0. The van der Waals surface area contributed by atoms with Crippen LogP contribution in [0.5, 0.6) is 0 Å². The zero-order valence-corrected chi connectivity index (χ0v) is 11.6. The summed E-state index contributed by atoms with van der Waals surface area (Å²) in [5.41, 5.74) is 0.775. The first-order valence-electron chi connectivity index (χ1n) is 5.12. The number of nitrogens with one attached hydrogen (secondary N) is 1. The number of hydrogen-bond donors (Lipinski definition) is 2. The van der Waals surface area contributed by atoms with Gasteiger partial charge in [0.05, 0.1) is 12.1 Å². The lowest BCUT2D eigenvalue weighted by Gasteiger charge is -2.31. The molecule has 0 aliphatic rings. The van der Waals surface area contributed by atoms with Gasteiger partial charge in [-0.3, -0.25) is 0 Å². The van der Waals surface area contributed by atoms with Gasteiger partial charge in [-0.05, 0) is 61.1 Å². The zero-order chi connectivity index (χ0) is 11.5. The molecule has 1 atom stereocenters. The van der Waals surface area contributed by atoms with Crippen LogP contribution >= 0.6 is 22.6 Å². The Bertz CT molecular complexity index is 310. The minimum Gasteiger partial charge on any atom is -0.394 e. The molecule has 84 valence electrons. The van der Waals surface area contributed by atoms with Gasteiger partial charge in [0.25, 0.3) is 0 Å². The van der Waals surface area contributed by atoms with Crippen molar-refractivity contribution in [3.63, 3.8) is 0 Å². The zero-order valence-electron chi connectivity index (χ0n) is 9.42. The fourth-order valence-electron chi connectivity index (χ4n) is 1.68. The molecule has 2 nitrogen and oxygen atoms in total. The number of hydrogen-bond acceptors (Lipinski definition) is 2. The maximum absolute atomic E-state index is 9.49. The van der Waals surface area contributed by atoms with Crippen molar-refractivity contribution in [3.8, 4) is 0 Å². The van der Waals surface area contributed by atoms with E-state index in [4.69, 9.17) is 0 Å². The average molecular weight is 319 g/mol. The first-order chi connectivity index (χ1) is 6.98. The summed E-state index contributed by atoms with van der Waals surface area (Å²) in [5.74, 6) is 0. The molecular weight excluding hydrogens is 301 g/mol. The monoisotopic (exact) mass is 319 g/mol. The van der Waals surface area contributed by atoms with Crippen molar-refractivity contribution < 1.29 is 5.11 Å². The lowest BCUT2D eigenvalue weighted by molar-refractivity contribution is 0.166. The van der Waals surface area contributed by atoms with E-state index < -0.39 is 0 Å². The topological polar surface area (TPSA) is 32.3 Å². The maximum atomic E-state index is 9.49. The third-order valence-corrected chi connectivity index (χ3v) is 3.12. The Morgan fingerprint density at radius 2 is 1.87 bits per heavy atom. The van der Waals surface area contributed by atoms with Crippen LogP contribution in [0.25, 0.3) is 0 Å². The summed E-state index contributed by atoms with van der Waals surface area (Å²) in [4.78, 5) is 0. The second-order valence-corrected chi connectivity index (χ2v) is 5.54. The molecule has 1 unspecified atom stereocenters. The van der Waals surface area contributed by atoms with Gasteiger partial charge in [-0.25, -0.2) is 0 Å². The molecule has 0 heterocycles. The Balaban J connectivity index is 2.95. The lowest BCUT2D eigenvalue weighted by atomic mass is 9.92. The molecule has 3 heteroatoms. The van der Waals surface area contributed by atoms with Crippen LogP contribution in [0.15, 0.2) is 24.3 Å². The fraction of sp³-hybridized carbons (Fsp3) is 0.500. The van der Waals surface area contributed by atoms with Gasteiger partial charge in [0.1, 0.15) is 0 Å². The van der Waals surface area contributed by atoms with Crippen LogP contribution in [0.3, 0.4) is 0 Å². The van der Waals surface area contributed by atoms with Crippen LogP contribution in [0.1, 0.15) is 26.3 Å². The second kappa shape index (κ2) is 5.27. The molecule has 0 aromatic heterocycles. The molecule has 0 aliphatic heterocycles. The van der Waals surface area contributed by atoms with Crippen LogP contribution in [-0.2, 0) is 5.54 Å². The highest BCUT2D eigenvalue weighted by molar-refractivity contribution is 14.1. The molecular formula is C12H18INO. The summed E-state index contributed by atoms with van der Waals surface area (Å²) < 4.78 is 1.21. The highest BCUT2D eigenvalue weighted by atomic mass is 127. The molecule has 0 saturated heterocycles. The van der Waals surface area contributed by atoms with Crippen LogP contribution in [-0.4, -0.2) is 17.8 Å². The molecule has 0 fully saturated rings. The van der Waals surface area contributed by atoms with E-state index in [9.17, 15) is 5.11 Å². The van der Waals surface area contributed by atoms with E-state index in [0.717, 1.165) is 5.56 Å². The summed E-state index contributed by atoms with van der Waals surface area (Å²) >= 11 is 2.28. The van der Waals surface area contributed by atoms with Crippen LogP contribution in [0, 0.1) is 3.57 Å². The van der Waals surface area contributed by atoms with Gasteiger partial charge in [0.15, 0.2) is 0 Å². The van der Waals surface area contributed by atoms with Crippen molar-refractivity contribution in [3.05, 3.63) is 33.4 Å². The Labute approximate surface area is 105 Å². The van der Waals surface area contributed by atoms with E-state index in [1.54, 1.807) is 0 Å². The van der Waals surface area contributed by atoms with Gasteiger partial charge in [-0.1, -0.05) is 12.1 Å². The molecule has 0 bridgehead atoms. The third kappa shape index (κ3) is 3.43. The normalized spacial score (nSPS) is 15.3. The van der Waals surface area contributed by atoms with Gasteiger partial charge >= 0.3 is 0 Å². The first-order valence-corrected chi connectivity index (χ1v) is 6.20. The summed E-state index contributed by atoms with van der Waals surface area (Å²) in [6.07, 6.45) is 0. The van der Waals surface area contributed by atoms with E-state index in [1.807, 2.05) is 6.92 Å². The minimum absolute atomic E-state index is 0.103. The standard InChI is InChI=1S/C12H18INO/c1-9(2)14-12(3,8-15)10-4-6-11(13)7-5-10/h4-7,9,14-15H,8H2,1-3H3. The highest BCUT2D eigenvalue weighted by Gasteiger charge is 2.25. The number of halogens is 1. The Kier molecular flexibility index (Phi) is 4.55. The fourth-order valence-corrected chi connectivity index (χ4v) is 2.03. The molecule has 1 aromatic carbocycles. The van der Waals surface area contributed by atoms with Crippen molar-refractivity contribution in [2.24, 2.45) is 0 Å². The first kappa shape index (κ1) is 12.9. The third-order valence-electron chi connectivity index (χ3n) is 2.40. The van der Waals surface area contributed by atoms with E-state index in [1.165, 1.54) is 3.57 Å². The molecule has 1 aromatic rings. The van der Waals surface area contributed by atoms with Crippen LogP contribution < -0.4 is 5.32 Å². The molecule has 0 aliphatic carbocycles. The van der Waals surface area contributed by atoms with E-state index in [0.29, 0.717) is 6.04 Å². The molecule has 1 rings (SSSR count). The average Bonchev–Trinajstić information content (AvgIpc) is 2.17. The van der Waals surface area contributed by atoms with Crippen molar-refractivity contribution in [2.45, 2.75) is 32.4 Å². The molecule has 2 N–H and O–H groups in total. The highest BCUT2D eigenvalue weighted by Crippen LogP contribution is 2.21. The smallest absolute Gasteiger partial charge is 0.0652 e. The Morgan fingerprint density at radius 3 is 2.27 bits per heavy atom. The number of rotatable bonds is 4. The van der Waals surface area contributed by atoms with Crippen LogP contribution in [0.4, 0.5) is 0 Å². The predicted molar refractivity (Wildman–Crippen MR) is 71.9 cm³/mol. The quantitative estimate of drug-likeness (QED) is 0.836. The van der Waals surface area contributed by atoms with E-state index in [-0.39, 0.29) is 12.1 Å². The van der Waals surface area contributed by atoms with E-state index in [2.05, 4.69) is 66.0 Å². The number of aliphatic hydroxyl groups is 1. The van der Waals surface area contributed by atoms with Crippen molar-refractivity contribution in [1.29, 1.82) is 0 Å². The van der Waals surface area contributed by atoms with Crippen LogP contribution in [0.2, 0.25) is 0 Å². The predicted octanol–water partition coefficient (Wildman–Crippen LogP) is 2.50. The van der Waals surface area contributed by atoms with Gasteiger partial charge in [0, 0.05) is 9.61 Å². The molecule has 0 spiro atoms. The Hall–Kier alpha value is -0.130. The second-order valence-electron chi connectivity index (χ2n) is 4.30. The van der Waals surface area contributed by atoms with Crippen molar-refractivity contribution in [1.82, 2.24) is 5.32 Å². The summed E-state index contributed by atoms with van der Waals surface area (Å²) in [6, 6.07) is 8.60. The SMILES string of the molecule is CC(C)NC(C)(CO)c1ccc(I)cc1. The summed E-state index contributed by atoms with van der Waals surface area (Å²) in [6.45, 7) is 6.29. The molecule has 15 heavy (non-hydrogen) atoms. The number of benzene rings is 1. The molecule has 0 radical (unpaired) electrons. The van der Waals surface area contributed by atoms with Gasteiger partial charge in [0.2, 0.25) is 0 Å². The largest absolute Gasteiger partial charge is 0.394 e. The number of aliphatic hydroxyl groups excluding tert-OH is 1. The van der Waals surface area contributed by atoms with Gasteiger partial charge in [-0.15, -0.1) is 0 Å². The van der Waals surface area contributed by atoms with Crippen molar-refractivity contribution >= 4 is 22.6 Å². The van der Waals surface area contributed by atoms with Crippen molar-refractivity contribution in [2.75, 3.05) is 6.61 Å². The molecule has 0 amide bonds. The Morgan fingerprint density at radius 1 is 1.33 bits per heavy atom. The maximum Gasteiger partial charge on any atom is 0.0652 e. The van der Waals surface area contributed by atoms with Gasteiger partial charge in [-0.2, -0.15) is 0 Å². The molecule has 0 saturated carbocycles. The lowest BCUT2D eigenvalue weighted by Crippen LogP contribution is -2.46. The minimum atomic E-state index is -0.349. The van der Waals surface area contributed by atoms with Gasteiger partial charge < -0.3 is 10.4 Å². The van der Waals surface area contributed by atoms with E-state index >= 15 is 0 Å².